The van der Waals surface area contributed by atoms with Crippen LogP contribution in [0.4, 0.5) is 0 Å². The maximum Gasteiger partial charge on any atom is 0.193 e. The molecule has 0 bridgehead atoms. The smallest absolute Gasteiger partial charge is 0.193 e. The summed E-state index contributed by atoms with van der Waals surface area (Å²) in [5.74, 6) is 3.53. The predicted octanol–water partition coefficient (Wildman–Crippen LogP) is 3.49. The number of rotatable bonds is 6. The highest BCUT2D eigenvalue weighted by Crippen LogP contribution is 2.24. The molecule has 1 aromatic heterocycles. The topological polar surface area (TPSA) is 48.7 Å². The Morgan fingerprint density at radius 2 is 1.88 bits per heavy atom. The second kappa shape index (κ2) is 7.49. The van der Waals surface area contributed by atoms with Crippen molar-refractivity contribution in [2.75, 3.05) is 19.8 Å². The molecule has 120 valence electrons. The van der Waals surface area contributed by atoms with Gasteiger partial charge in [0.05, 0.1) is 12.0 Å². The molecule has 0 saturated carbocycles. The van der Waals surface area contributed by atoms with Crippen LogP contribution in [0.3, 0.4) is 0 Å². The van der Waals surface area contributed by atoms with E-state index in [4.69, 9.17) is 20.3 Å². The average Bonchev–Trinajstić information content (AvgIpc) is 2.62. The van der Waals surface area contributed by atoms with Gasteiger partial charge in [-0.25, -0.2) is 0 Å². The van der Waals surface area contributed by atoms with Crippen molar-refractivity contribution in [3.8, 4) is 29.4 Å². The van der Waals surface area contributed by atoms with E-state index in [0.29, 0.717) is 35.7 Å². The van der Waals surface area contributed by atoms with Gasteiger partial charge in [-0.1, -0.05) is 36.3 Å². The van der Waals surface area contributed by atoms with Gasteiger partial charge in [-0.15, -0.1) is 6.42 Å². The van der Waals surface area contributed by atoms with E-state index in [9.17, 15) is 4.79 Å². The third kappa shape index (κ3) is 3.65. The summed E-state index contributed by atoms with van der Waals surface area (Å²) in [7, 11) is 0. The van der Waals surface area contributed by atoms with Crippen LogP contribution in [0.15, 0.2) is 63.8 Å². The molecule has 0 aliphatic rings. The maximum atomic E-state index is 12.3. The van der Waals surface area contributed by atoms with E-state index in [2.05, 4.69) is 5.92 Å². The summed E-state index contributed by atoms with van der Waals surface area (Å²) in [6, 6.07) is 16.2. The molecule has 0 aliphatic heterocycles. The molecule has 0 unspecified atom stereocenters. The van der Waals surface area contributed by atoms with Crippen molar-refractivity contribution >= 4 is 11.0 Å². The first-order chi connectivity index (χ1) is 11.8. The molecule has 4 heteroatoms. The Labute approximate surface area is 139 Å². The molecule has 3 rings (SSSR count). The van der Waals surface area contributed by atoms with Gasteiger partial charge >= 0.3 is 0 Å². The SMILES string of the molecule is C#CCOCCOc1ccc2c(=O)cc(-c3ccccc3)oc2c1. The highest BCUT2D eigenvalue weighted by Gasteiger charge is 2.08. The van der Waals surface area contributed by atoms with Crippen LogP contribution in [0.1, 0.15) is 0 Å². The molecule has 1 heterocycles. The Morgan fingerprint density at radius 1 is 1.04 bits per heavy atom. The summed E-state index contributed by atoms with van der Waals surface area (Å²) >= 11 is 0. The summed E-state index contributed by atoms with van der Waals surface area (Å²) in [6.07, 6.45) is 5.10. The quantitative estimate of drug-likeness (QED) is 0.515. The fraction of sp³-hybridized carbons (Fsp3) is 0.150. The van der Waals surface area contributed by atoms with Gasteiger partial charge in [0.2, 0.25) is 0 Å². The van der Waals surface area contributed by atoms with Gasteiger partial charge in [0.15, 0.2) is 5.43 Å². The molecule has 0 radical (unpaired) electrons. The molecule has 0 fully saturated rings. The van der Waals surface area contributed by atoms with Gasteiger partial charge in [0.25, 0.3) is 0 Å². The van der Waals surface area contributed by atoms with Crippen LogP contribution in [0.2, 0.25) is 0 Å². The fourth-order valence-electron chi connectivity index (χ4n) is 2.32. The van der Waals surface area contributed by atoms with Crippen LogP contribution in [0.5, 0.6) is 5.75 Å². The van der Waals surface area contributed by atoms with Crippen LogP contribution < -0.4 is 10.2 Å². The first-order valence-electron chi connectivity index (χ1n) is 7.55. The van der Waals surface area contributed by atoms with Crippen LogP contribution in [0.25, 0.3) is 22.3 Å². The third-order valence-corrected chi connectivity index (χ3v) is 3.44. The summed E-state index contributed by atoms with van der Waals surface area (Å²) < 4.78 is 16.6. The summed E-state index contributed by atoms with van der Waals surface area (Å²) in [5, 5.41) is 0.519. The van der Waals surface area contributed by atoms with Crippen molar-refractivity contribution in [2.45, 2.75) is 0 Å². The molecule has 0 atom stereocenters. The Bertz CT molecular complexity index is 920. The van der Waals surface area contributed by atoms with Crippen molar-refractivity contribution in [2.24, 2.45) is 0 Å². The zero-order valence-electron chi connectivity index (χ0n) is 13.0. The second-order valence-corrected chi connectivity index (χ2v) is 5.10. The molecule has 0 amide bonds. The largest absolute Gasteiger partial charge is 0.491 e. The zero-order valence-corrected chi connectivity index (χ0v) is 13.0. The Hall–Kier alpha value is -3.03. The highest BCUT2D eigenvalue weighted by molar-refractivity contribution is 5.80. The lowest BCUT2D eigenvalue weighted by molar-refractivity contribution is 0.124. The van der Waals surface area contributed by atoms with Crippen molar-refractivity contribution in [1.29, 1.82) is 0 Å². The molecule has 2 aromatic carbocycles. The molecule has 0 spiro atoms. The number of hydrogen-bond donors (Lipinski definition) is 0. The minimum Gasteiger partial charge on any atom is -0.491 e. The number of fused-ring (bicyclic) bond motifs is 1. The summed E-state index contributed by atoms with van der Waals surface area (Å²) in [4.78, 5) is 12.3. The van der Waals surface area contributed by atoms with E-state index in [1.54, 1.807) is 18.2 Å². The van der Waals surface area contributed by atoms with Crippen LogP contribution in [0, 0.1) is 12.3 Å². The number of benzene rings is 2. The van der Waals surface area contributed by atoms with Gasteiger partial charge in [0.1, 0.15) is 30.3 Å². The van der Waals surface area contributed by atoms with E-state index in [1.165, 1.54) is 6.07 Å². The van der Waals surface area contributed by atoms with E-state index in [1.807, 2.05) is 30.3 Å². The van der Waals surface area contributed by atoms with Crippen molar-refractivity contribution in [3.63, 3.8) is 0 Å². The molecular formula is C20H16O4. The Kier molecular flexibility index (Phi) is 4.95. The first-order valence-corrected chi connectivity index (χ1v) is 7.55. The lowest BCUT2D eigenvalue weighted by Gasteiger charge is -2.07. The van der Waals surface area contributed by atoms with Gasteiger partial charge in [-0.2, -0.15) is 0 Å². The fourth-order valence-corrected chi connectivity index (χ4v) is 2.32. The molecule has 4 nitrogen and oxygen atoms in total. The summed E-state index contributed by atoms with van der Waals surface area (Å²) in [5.41, 5.74) is 1.26. The number of terminal acetylenes is 1. The Balaban J connectivity index is 1.85. The number of ether oxygens (including phenoxy) is 2. The number of hydrogen-bond acceptors (Lipinski definition) is 4. The second-order valence-electron chi connectivity index (χ2n) is 5.10. The van der Waals surface area contributed by atoms with E-state index < -0.39 is 0 Å². The average molecular weight is 320 g/mol. The van der Waals surface area contributed by atoms with Crippen molar-refractivity contribution in [1.82, 2.24) is 0 Å². The predicted molar refractivity (Wildman–Crippen MR) is 93.1 cm³/mol. The maximum absolute atomic E-state index is 12.3. The molecule has 0 aliphatic carbocycles. The monoisotopic (exact) mass is 320 g/mol. The lowest BCUT2D eigenvalue weighted by atomic mass is 10.1. The van der Waals surface area contributed by atoms with E-state index in [0.717, 1.165) is 5.56 Å². The Morgan fingerprint density at radius 3 is 2.67 bits per heavy atom. The van der Waals surface area contributed by atoms with Gasteiger partial charge < -0.3 is 13.9 Å². The highest BCUT2D eigenvalue weighted by atomic mass is 16.5. The van der Waals surface area contributed by atoms with E-state index in [-0.39, 0.29) is 12.0 Å². The van der Waals surface area contributed by atoms with Gasteiger partial charge in [-0.3, -0.25) is 4.79 Å². The molecule has 24 heavy (non-hydrogen) atoms. The molecular weight excluding hydrogens is 304 g/mol. The minimum absolute atomic E-state index is 0.0843. The molecule has 3 aromatic rings. The summed E-state index contributed by atoms with van der Waals surface area (Å²) in [6.45, 7) is 1.03. The van der Waals surface area contributed by atoms with E-state index >= 15 is 0 Å². The van der Waals surface area contributed by atoms with Crippen LogP contribution in [-0.2, 0) is 4.74 Å². The lowest BCUT2D eigenvalue weighted by Crippen LogP contribution is -2.07. The van der Waals surface area contributed by atoms with Gasteiger partial charge in [0, 0.05) is 17.7 Å². The van der Waals surface area contributed by atoms with Crippen LogP contribution >= 0.6 is 0 Å². The van der Waals surface area contributed by atoms with Crippen molar-refractivity contribution in [3.05, 3.63) is 64.8 Å². The van der Waals surface area contributed by atoms with Crippen LogP contribution in [-0.4, -0.2) is 19.8 Å². The minimum atomic E-state index is -0.0843. The third-order valence-electron chi connectivity index (χ3n) is 3.44. The zero-order chi connectivity index (χ0) is 16.8. The molecule has 0 N–H and O–H groups in total. The molecule has 0 saturated heterocycles. The van der Waals surface area contributed by atoms with Gasteiger partial charge in [-0.05, 0) is 12.1 Å². The van der Waals surface area contributed by atoms with Crippen molar-refractivity contribution < 1.29 is 13.9 Å². The normalized spacial score (nSPS) is 10.5. The first kappa shape index (κ1) is 15.9. The standard InChI is InChI=1S/C20H16O4/c1-2-10-22-11-12-23-16-8-9-17-18(21)14-19(24-20(17)13-16)15-6-4-3-5-7-15/h1,3-9,13-14H,10-12H2.